The first-order valence-corrected chi connectivity index (χ1v) is 5.12. The van der Waals surface area contributed by atoms with Crippen LogP contribution in [0.1, 0.15) is 43.0 Å². The minimum atomic E-state index is 0.132. The molecular formula is C13H19B. The van der Waals surface area contributed by atoms with Crippen LogP contribution in [0.2, 0.25) is 0 Å². The third kappa shape index (κ3) is 1.87. The summed E-state index contributed by atoms with van der Waals surface area (Å²) in [4.78, 5) is 0. The Hall–Kier alpha value is -0.715. The fraction of sp³-hybridized carbons (Fsp3) is 0.538. The van der Waals surface area contributed by atoms with Crippen molar-refractivity contribution < 1.29 is 0 Å². The molecule has 0 heterocycles. The fourth-order valence-electron chi connectivity index (χ4n) is 2.11. The van der Waals surface area contributed by atoms with Crippen LogP contribution in [-0.2, 0) is 5.41 Å². The average Bonchev–Trinajstić information content (AvgIpc) is 1.97. The SMILES string of the molecule is [B]c1c(C)c(C)cc(C)c1C(C)(C)C. The first kappa shape index (κ1) is 11.4. The van der Waals surface area contributed by atoms with Gasteiger partial charge in [-0.1, -0.05) is 37.9 Å². The van der Waals surface area contributed by atoms with Crippen molar-refractivity contribution in [3.63, 3.8) is 0 Å². The largest absolute Gasteiger partial charge is 0.114 e. The van der Waals surface area contributed by atoms with Crippen molar-refractivity contribution in [1.29, 1.82) is 0 Å². The molecule has 0 N–H and O–H groups in total. The maximum Gasteiger partial charge on any atom is 0.114 e. The van der Waals surface area contributed by atoms with E-state index in [4.69, 9.17) is 7.85 Å². The van der Waals surface area contributed by atoms with E-state index in [1.807, 2.05) is 0 Å². The molecule has 0 spiro atoms. The molecule has 74 valence electrons. The first-order chi connectivity index (χ1) is 6.25. The zero-order valence-corrected chi connectivity index (χ0v) is 10.2. The summed E-state index contributed by atoms with van der Waals surface area (Å²) in [6.45, 7) is 13.0. The quantitative estimate of drug-likeness (QED) is 0.546. The van der Waals surface area contributed by atoms with Crippen molar-refractivity contribution in [3.8, 4) is 0 Å². The molecule has 0 aliphatic carbocycles. The number of hydrogen-bond acceptors (Lipinski definition) is 0. The average molecular weight is 186 g/mol. The van der Waals surface area contributed by atoms with Crippen LogP contribution in [-0.4, -0.2) is 7.85 Å². The normalized spacial score (nSPS) is 11.9. The standard InChI is InChI=1S/C13H19B/c1-8-7-9(2)11(13(4,5)6)12(14)10(8)3/h7H,1-6H3. The highest BCUT2D eigenvalue weighted by Gasteiger charge is 2.19. The van der Waals surface area contributed by atoms with Gasteiger partial charge in [0.1, 0.15) is 7.85 Å². The second-order valence-electron chi connectivity index (χ2n) is 5.17. The van der Waals surface area contributed by atoms with Crippen LogP contribution in [0, 0.1) is 20.8 Å². The molecule has 14 heavy (non-hydrogen) atoms. The van der Waals surface area contributed by atoms with Gasteiger partial charge in [0.2, 0.25) is 0 Å². The van der Waals surface area contributed by atoms with E-state index in [-0.39, 0.29) is 5.41 Å². The van der Waals surface area contributed by atoms with E-state index in [0.717, 1.165) is 5.46 Å². The van der Waals surface area contributed by atoms with Crippen LogP contribution >= 0.6 is 0 Å². The Morgan fingerprint density at radius 1 is 1.00 bits per heavy atom. The van der Waals surface area contributed by atoms with Crippen molar-refractivity contribution in [1.82, 2.24) is 0 Å². The Bertz CT molecular complexity index is 356. The van der Waals surface area contributed by atoms with Gasteiger partial charge in [0.25, 0.3) is 0 Å². The maximum atomic E-state index is 6.17. The molecule has 0 unspecified atom stereocenters. The molecule has 1 aromatic carbocycles. The zero-order chi connectivity index (χ0) is 11.1. The Morgan fingerprint density at radius 3 is 1.93 bits per heavy atom. The van der Waals surface area contributed by atoms with Gasteiger partial charge in [-0.15, -0.1) is 0 Å². The van der Waals surface area contributed by atoms with Gasteiger partial charge in [0.15, 0.2) is 0 Å². The summed E-state index contributed by atoms with van der Waals surface area (Å²) in [6.07, 6.45) is 0. The Morgan fingerprint density at radius 2 is 1.50 bits per heavy atom. The topological polar surface area (TPSA) is 0 Å². The summed E-state index contributed by atoms with van der Waals surface area (Å²) in [5.41, 5.74) is 6.20. The second kappa shape index (κ2) is 3.45. The molecule has 0 bridgehead atoms. The van der Waals surface area contributed by atoms with Crippen molar-refractivity contribution in [2.24, 2.45) is 0 Å². The molecule has 0 fully saturated rings. The molecule has 0 saturated heterocycles. The van der Waals surface area contributed by atoms with Gasteiger partial charge in [0, 0.05) is 0 Å². The lowest BCUT2D eigenvalue weighted by molar-refractivity contribution is 0.589. The van der Waals surface area contributed by atoms with Gasteiger partial charge in [-0.25, -0.2) is 0 Å². The van der Waals surface area contributed by atoms with Crippen molar-refractivity contribution in [3.05, 3.63) is 28.3 Å². The molecule has 2 radical (unpaired) electrons. The minimum Gasteiger partial charge on any atom is -0.0896 e. The molecular weight excluding hydrogens is 167 g/mol. The monoisotopic (exact) mass is 186 g/mol. The van der Waals surface area contributed by atoms with E-state index in [9.17, 15) is 0 Å². The van der Waals surface area contributed by atoms with Crippen LogP contribution < -0.4 is 5.46 Å². The third-order valence-electron chi connectivity index (χ3n) is 2.84. The van der Waals surface area contributed by atoms with Gasteiger partial charge in [-0.05, 0) is 42.9 Å². The van der Waals surface area contributed by atoms with Crippen LogP contribution in [0.5, 0.6) is 0 Å². The fourth-order valence-corrected chi connectivity index (χ4v) is 2.11. The molecule has 0 amide bonds. The van der Waals surface area contributed by atoms with Gasteiger partial charge in [0.05, 0.1) is 0 Å². The summed E-state index contributed by atoms with van der Waals surface area (Å²) < 4.78 is 0. The summed E-state index contributed by atoms with van der Waals surface area (Å²) >= 11 is 0. The van der Waals surface area contributed by atoms with E-state index in [0.29, 0.717) is 0 Å². The highest BCUT2D eigenvalue weighted by Crippen LogP contribution is 2.25. The smallest absolute Gasteiger partial charge is 0.0896 e. The summed E-state index contributed by atoms with van der Waals surface area (Å²) in [5, 5.41) is 0. The maximum absolute atomic E-state index is 6.17. The number of aryl methyl sites for hydroxylation is 2. The Labute approximate surface area is 89.1 Å². The van der Waals surface area contributed by atoms with Crippen molar-refractivity contribution in [2.75, 3.05) is 0 Å². The molecule has 0 nitrogen and oxygen atoms in total. The van der Waals surface area contributed by atoms with Crippen LogP contribution in [0.15, 0.2) is 6.07 Å². The lowest BCUT2D eigenvalue weighted by atomic mass is 9.72. The molecule has 0 saturated carbocycles. The van der Waals surface area contributed by atoms with Gasteiger partial charge < -0.3 is 0 Å². The molecule has 0 aliphatic heterocycles. The van der Waals surface area contributed by atoms with Crippen LogP contribution in [0.3, 0.4) is 0 Å². The lowest BCUT2D eigenvalue weighted by Gasteiger charge is -2.26. The van der Waals surface area contributed by atoms with Crippen LogP contribution in [0.25, 0.3) is 0 Å². The predicted octanol–water partition coefficient (Wildman–Crippen LogP) is 2.70. The lowest BCUT2D eigenvalue weighted by Crippen LogP contribution is -2.27. The Balaban J connectivity index is 3.53. The Kier molecular flexibility index (Phi) is 2.80. The van der Waals surface area contributed by atoms with Gasteiger partial charge >= 0.3 is 0 Å². The molecule has 1 heteroatoms. The summed E-state index contributed by atoms with van der Waals surface area (Å²) in [5.74, 6) is 0. The molecule has 1 rings (SSSR count). The van der Waals surface area contributed by atoms with E-state index >= 15 is 0 Å². The van der Waals surface area contributed by atoms with Crippen molar-refractivity contribution in [2.45, 2.75) is 47.0 Å². The predicted molar refractivity (Wildman–Crippen MR) is 64.7 cm³/mol. The second-order valence-corrected chi connectivity index (χ2v) is 5.17. The number of rotatable bonds is 0. The highest BCUT2D eigenvalue weighted by atomic mass is 14.2. The molecule has 0 aromatic heterocycles. The molecule has 0 aliphatic rings. The number of benzene rings is 1. The number of hydrogen-bond donors (Lipinski definition) is 0. The molecule has 0 atom stereocenters. The van der Waals surface area contributed by atoms with E-state index in [1.165, 1.54) is 22.3 Å². The van der Waals surface area contributed by atoms with E-state index in [1.54, 1.807) is 0 Å². The first-order valence-electron chi connectivity index (χ1n) is 5.12. The summed E-state index contributed by atoms with van der Waals surface area (Å²) in [7, 11) is 6.17. The third-order valence-corrected chi connectivity index (χ3v) is 2.84. The summed E-state index contributed by atoms with van der Waals surface area (Å²) in [6, 6.07) is 2.23. The van der Waals surface area contributed by atoms with Crippen molar-refractivity contribution >= 4 is 13.3 Å². The van der Waals surface area contributed by atoms with Gasteiger partial charge in [-0.3, -0.25) is 0 Å². The minimum absolute atomic E-state index is 0.132. The van der Waals surface area contributed by atoms with E-state index in [2.05, 4.69) is 47.6 Å². The highest BCUT2D eigenvalue weighted by molar-refractivity contribution is 6.34. The zero-order valence-electron chi connectivity index (χ0n) is 10.2. The molecule has 1 aromatic rings. The van der Waals surface area contributed by atoms with Crippen LogP contribution in [0.4, 0.5) is 0 Å². The van der Waals surface area contributed by atoms with E-state index < -0.39 is 0 Å². The van der Waals surface area contributed by atoms with Gasteiger partial charge in [-0.2, -0.15) is 0 Å².